The van der Waals surface area contributed by atoms with Gasteiger partial charge in [-0.2, -0.15) is 13.2 Å². The predicted molar refractivity (Wildman–Crippen MR) is 216 cm³/mol. The molecule has 1 saturated heterocycles. The third-order valence-electron chi connectivity index (χ3n) is 9.58. The van der Waals surface area contributed by atoms with Gasteiger partial charge in [0, 0.05) is 19.5 Å². The molecule has 0 radical (unpaired) electrons. The number of aliphatic imine (C=N–C) groups is 1. The number of amides is 5. The molecule has 0 spiro atoms. The van der Waals surface area contributed by atoms with Gasteiger partial charge in [-0.1, -0.05) is 46.2 Å². The van der Waals surface area contributed by atoms with Crippen molar-refractivity contribution >= 4 is 47.4 Å². The maximum atomic E-state index is 14.0. The summed E-state index contributed by atoms with van der Waals surface area (Å²) in [5.41, 5.74) is 23.1. The number of carboxylic acid groups (broad SMARTS) is 2. The third kappa shape index (κ3) is 19.0. The average Bonchev–Trinajstić information content (AvgIpc) is 3.68. The Labute approximate surface area is 351 Å². The first-order chi connectivity index (χ1) is 28.4. The van der Waals surface area contributed by atoms with Gasteiger partial charge < -0.3 is 64.4 Å². The molecule has 0 saturated carbocycles. The number of benzene rings is 1. The molecule has 7 atom stereocenters. The number of carbonyl (C=O) groups excluding carboxylic acids is 5. The lowest BCUT2D eigenvalue weighted by atomic mass is 9.96. The van der Waals surface area contributed by atoms with Crippen LogP contribution in [-0.4, -0.2) is 130 Å². The summed E-state index contributed by atoms with van der Waals surface area (Å²) in [7, 11) is 0. The molecule has 1 heterocycles. The molecule has 1 fully saturated rings. The molecule has 1 aromatic carbocycles. The quantitative estimate of drug-likeness (QED) is 0.0394. The van der Waals surface area contributed by atoms with Crippen LogP contribution in [0.25, 0.3) is 0 Å². The Morgan fingerprint density at radius 1 is 0.885 bits per heavy atom. The number of nitrogens with one attached hydrogen (secondary N) is 4. The molecule has 0 aromatic heterocycles. The van der Waals surface area contributed by atoms with Crippen LogP contribution < -0.4 is 44.2 Å². The van der Waals surface area contributed by atoms with Gasteiger partial charge in [-0.3, -0.25) is 29.0 Å². The van der Waals surface area contributed by atoms with Crippen LogP contribution in [0.1, 0.15) is 78.2 Å². The maximum absolute atomic E-state index is 14.0. The normalized spacial score (nSPS) is 16.6. The lowest BCUT2D eigenvalue weighted by Crippen LogP contribution is -2.60. The van der Waals surface area contributed by atoms with Crippen molar-refractivity contribution in [3.63, 3.8) is 0 Å². The van der Waals surface area contributed by atoms with Crippen LogP contribution in [0.2, 0.25) is 0 Å². The van der Waals surface area contributed by atoms with Crippen molar-refractivity contribution < 1.29 is 62.1 Å². The van der Waals surface area contributed by atoms with Crippen LogP contribution in [-0.2, 0) is 40.0 Å². The summed E-state index contributed by atoms with van der Waals surface area (Å²) >= 11 is 0. The molecule has 1 aliphatic rings. The van der Waals surface area contributed by atoms with Crippen molar-refractivity contribution in [2.24, 2.45) is 39.8 Å². The van der Waals surface area contributed by atoms with E-state index in [2.05, 4.69) is 26.3 Å². The van der Waals surface area contributed by atoms with Gasteiger partial charge in [-0.05, 0) is 74.6 Å². The van der Waals surface area contributed by atoms with Gasteiger partial charge in [0.25, 0.3) is 0 Å². The minimum atomic E-state index is -5.08. The summed E-state index contributed by atoms with van der Waals surface area (Å²) in [6.07, 6.45) is -2.94. The lowest BCUT2D eigenvalue weighted by molar-refractivity contribution is -0.192. The number of hydrogen-bond donors (Lipinski definition) is 11. The molecular formula is C38H61F3N10O10. The number of carbonyl (C=O) groups is 7. The highest BCUT2D eigenvalue weighted by molar-refractivity contribution is 5.96. The number of nitrogens with zero attached hydrogens (tertiary/aromatic N) is 2. The second kappa shape index (κ2) is 25.8. The fourth-order valence-electron chi connectivity index (χ4n) is 6.11. The van der Waals surface area contributed by atoms with E-state index in [0.29, 0.717) is 24.8 Å². The van der Waals surface area contributed by atoms with Crippen molar-refractivity contribution in [1.29, 1.82) is 0 Å². The second-order valence-corrected chi connectivity index (χ2v) is 15.0. The number of phenols is 1. The number of rotatable bonds is 22. The predicted octanol–water partition coefficient (Wildman–Crippen LogP) is -0.595. The Morgan fingerprint density at radius 3 is 1.98 bits per heavy atom. The average molecular weight is 875 g/mol. The zero-order valence-electron chi connectivity index (χ0n) is 34.7. The van der Waals surface area contributed by atoms with E-state index in [9.17, 15) is 52.2 Å². The van der Waals surface area contributed by atoms with Crippen LogP contribution in [0.5, 0.6) is 5.75 Å². The summed E-state index contributed by atoms with van der Waals surface area (Å²) in [6, 6.07) is -0.491. The monoisotopic (exact) mass is 874 g/mol. The number of nitrogens with two attached hydrogens (primary N) is 4. The van der Waals surface area contributed by atoms with Crippen molar-refractivity contribution in [1.82, 2.24) is 26.2 Å². The standard InChI is InChI=1S/C36H60N10O8.C2HF3O2/c1-5-21(4)29(33(51)44-27(35(53)54)18-20(2)3)45-31(49)26(19-22-10-12-23(47)13-11-22)43-32(50)28-9-7-17-46(28)34(52)25(14-15-37)42-30(48)24(38)8-6-16-41-36(39)40;3-2(4,5)1(6)7/h10-13,20-21,24-29,47H,5-9,14-19,37-38H2,1-4H3,(H,42,48)(H,43,50)(H,44,51)(H,45,49)(H,53,54)(H4,39,40,41);(H,6,7). The largest absolute Gasteiger partial charge is 0.508 e. The van der Waals surface area contributed by atoms with Gasteiger partial charge in [0.15, 0.2) is 5.96 Å². The van der Waals surface area contributed by atoms with E-state index in [1.54, 1.807) is 19.1 Å². The van der Waals surface area contributed by atoms with E-state index in [1.165, 1.54) is 17.0 Å². The first-order valence-electron chi connectivity index (χ1n) is 19.8. The molecule has 1 aliphatic heterocycles. The molecular weight excluding hydrogens is 813 g/mol. The molecule has 20 nitrogen and oxygen atoms in total. The Kier molecular flexibility index (Phi) is 22.6. The summed E-state index contributed by atoms with van der Waals surface area (Å²) in [5.74, 6) is -7.57. The fraction of sp³-hybridized carbons (Fsp3) is 0.632. The van der Waals surface area contributed by atoms with Gasteiger partial charge in [0.05, 0.1) is 6.04 Å². The highest BCUT2D eigenvalue weighted by atomic mass is 19.4. The zero-order chi connectivity index (χ0) is 46.6. The topological polar surface area (TPSA) is 348 Å². The van der Waals surface area contributed by atoms with Crippen LogP contribution in [0, 0.1) is 11.8 Å². The number of hydrogen-bond acceptors (Lipinski definition) is 11. The molecule has 344 valence electrons. The smallest absolute Gasteiger partial charge is 0.490 e. The summed E-state index contributed by atoms with van der Waals surface area (Å²) in [5, 5.41) is 37.4. The summed E-state index contributed by atoms with van der Waals surface area (Å²) in [6.45, 7) is 7.78. The molecule has 1 aromatic rings. The van der Waals surface area contributed by atoms with Crippen molar-refractivity contribution in [2.45, 2.75) is 121 Å². The Balaban J connectivity index is 0.00000243. The van der Waals surface area contributed by atoms with Crippen molar-refractivity contribution in [2.75, 3.05) is 19.6 Å². The Hall–Kier alpha value is -5.71. The maximum Gasteiger partial charge on any atom is 0.490 e. The number of aromatic hydroxyl groups is 1. The molecule has 0 bridgehead atoms. The lowest BCUT2D eigenvalue weighted by Gasteiger charge is -2.31. The van der Waals surface area contributed by atoms with Crippen LogP contribution in [0.3, 0.4) is 0 Å². The SMILES string of the molecule is CCC(C)C(NC(=O)C(Cc1ccc(O)cc1)NC(=O)C1CCCN1C(=O)C(CCN)NC(=O)C(N)CCCN=C(N)N)C(=O)NC(CC(C)C)C(=O)O.O=C(O)C(F)(F)F. The molecule has 61 heavy (non-hydrogen) atoms. The first kappa shape index (κ1) is 53.3. The van der Waals surface area contributed by atoms with Gasteiger partial charge in [-0.15, -0.1) is 0 Å². The third-order valence-corrected chi connectivity index (χ3v) is 9.58. The molecule has 7 unspecified atom stereocenters. The minimum absolute atomic E-state index is 0.00203. The van der Waals surface area contributed by atoms with E-state index in [4.69, 9.17) is 32.8 Å². The van der Waals surface area contributed by atoms with Crippen LogP contribution in [0.4, 0.5) is 13.2 Å². The fourth-order valence-corrected chi connectivity index (χ4v) is 6.11. The Morgan fingerprint density at radius 2 is 1.48 bits per heavy atom. The highest BCUT2D eigenvalue weighted by Crippen LogP contribution is 2.21. The number of carboxylic acids is 2. The van der Waals surface area contributed by atoms with E-state index < -0.39 is 89.8 Å². The first-order valence-corrected chi connectivity index (χ1v) is 19.8. The minimum Gasteiger partial charge on any atom is -0.508 e. The van der Waals surface area contributed by atoms with E-state index in [-0.39, 0.29) is 69.4 Å². The molecule has 0 aliphatic carbocycles. The Bertz CT molecular complexity index is 1660. The van der Waals surface area contributed by atoms with Crippen LogP contribution >= 0.6 is 0 Å². The van der Waals surface area contributed by atoms with Gasteiger partial charge >= 0.3 is 18.1 Å². The van der Waals surface area contributed by atoms with E-state index >= 15 is 0 Å². The van der Waals surface area contributed by atoms with Crippen molar-refractivity contribution in [3.05, 3.63) is 29.8 Å². The molecule has 23 heteroatoms. The van der Waals surface area contributed by atoms with Crippen molar-refractivity contribution in [3.8, 4) is 5.75 Å². The number of phenolic OH excluding ortho intramolecular Hbond substituents is 1. The number of aliphatic carboxylic acids is 2. The summed E-state index contributed by atoms with van der Waals surface area (Å²) < 4.78 is 31.7. The molecule has 2 rings (SSSR count). The van der Waals surface area contributed by atoms with E-state index in [1.807, 2.05) is 20.8 Å². The second-order valence-electron chi connectivity index (χ2n) is 15.0. The van der Waals surface area contributed by atoms with Gasteiger partial charge in [-0.25, -0.2) is 9.59 Å². The summed E-state index contributed by atoms with van der Waals surface area (Å²) in [4.78, 5) is 94.1. The number of likely N-dealkylation sites (tertiary alicyclic amines) is 1. The molecule has 5 amide bonds. The van der Waals surface area contributed by atoms with Crippen LogP contribution in [0.15, 0.2) is 29.3 Å². The van der Waals surface area contributed by atoms with E-state index in [0.717, 1.165) is 0 Å². The van der Waals surface area contributed by atoms with Gasteiger partial charge in [0.1, 0.15) is 36.0 Å². The van der Waals surface area contributed by atoms with Gasteiger partial charge in [0.2, 0.25) is 29.5 Å². The highest BCUT2D eigenvalue weighted by Gasteiger charge is 2.40. The number of guanidine groups is 1. The number of alkyl halides is 3. The molecule has 15 N–H and O–H groups in total. The zero-order valence-corrected chi connectivity index (χ0v) is 34.7. The number of halogens is 3.